The molecule has 0 aliphatic rings. The summed E-state index contributed by atoms with van der Waals surface area (Å²) in [4.78, 5) is 14.3. The monoisotopic (exact) mass is 193 g/mol. The summed E-state index contributed by atoms with van der Waals surface area (Å²) in [6.45, 7) is 5.20. The maximum atomic E-state index is 10.4. The number of furan rings is 1. The van der Waals surface area contributed by atoms with Gasteiger partial charge in [0.1, 0.15) is 5.76 Å². The lowest BCUT2D eigenvalue weighted by Crippen LogP contribution is -2.02. The van der Waals surface area contributed by atoms with Crippen LogP contribution < -0.4 is 0 Å². The van der Waals surface area contributed by atoms with Crippen molar-refractivity contribution >= 4 is 12.2 Å². The van der Waals surface area contributed by atoms with E-state index in [0.717, 1.165) is 0 Å². The minimum atomic E-state index is 0.256. The van der Waals surface area contributed by atoms with Crippen molar-refractivity contribution in [3.8, 4) is 0 Å². The van der Waals surface area contributed by atoms with Crippen molar-refractivity contribution in [1.29, 1.82) is 0 Å². The molecule has 0 aliphatic heterocycles. The maximum Gasteiger partial charge on any atom is 0.224 e. The van der Waals surface area contributed by atoms with Crippen LogP contribution in [0.15, 0.2) is 28.3 Å². The van der Waals surface area contributed by atoms with Crippen LogP contribution in [0, 0.1) is 6.92 Å². The molecule has 0 fully saturated rings. The molecule has 4 heteroatoms. The van der Waals surface area contributed by atoms with Crippen LogP contribution in [0.5, 0.6) is 0 Å². The maximum absolute atomic E-state index is 10.4. The second-order valence-corrected chi connectivity index (χ2v) is 2.56. The van der Waals surface area contributed by atoms with Crippen LogP contribution in [0.1, 0.15) is 21.9 Å². The van der Waals surface area contributed by atoms with Gasteiger partial charge in [0.25, 0.3) is 0 Å². The van der Waals surface area contributed by atoms with Gasteiger partial charge in [-0.25, -0.2) is 4.99 Å². The predicted molar refractivity (Wildman–Crippen MR) is 52.6 cm³/mol. The van der Waals surface area contributed by atoms with Gasteiger partial charge in [0.05, 0.1) is 12.7 Å². The zero-order valence-electron chi connectivity index (χ0n) is 8.11. The SMILES string of the molecule is C=C/N=C(/OC)c1cc(C=O)oc1C. The summed E-state index contributed by atoms with van der Waals surface area (Å²) < 4.78 is 10.1. The van der Waals surface area contributed by atoms with Crippen LogP contribution in [0.3, 0.4) is 0 Å². The molecule has 0 saturated carbocycles. The number of aryl methyl sites for hydroxylation is 1. The van der Waals surface area contributed by atoms with Crippen molar-refractivity contribution in [2.45, 2.75) is 6.92 Å². The molecular formula is C10H11NO3. The standard InChI is InChI=1S/C10H11NO3/c1-4-11-10(13-3)9-5-8(6-12)14-7(9)2/h4-6H,1H2,2-3H3/b11-10+. The molecule has 1 rings (SSSR count). The largest absolute Gasteiger partial charge is 0.480 e. The van der Waals surface area contributed by atoms with Gasteiger partial charge >= 0.3 is 0 Å². The number of aldehydes is 1. The highest BCUT2D eigenvalue weighted by Crippen LogP contribution is 2.14. The number of carbonyl (C=O) groups is 1. The molecule has 0 spiro atoms. The highest BCUT2D eigenvalue weighted by atomic mass is 16.5. The molecule has 0 amide bonds. The minimum absolute atomic E-state index is 0.256. The fourth-order valence-corrected chi connectivity index (χ4v) is 1.09. The van der Waals surface area contributed by atoms with Crippen molar-refractivity contribution in [3.05, 3.63) is 35.9 Å². The lowest BCUT2D eigenvalue weighted by Gasteiger charge is -2.00. The average molecular weight is 193 g/mol. The first-order valence-corrected chi connectivity index (χ1v) is 4.01. The topological polar surface area (TPSA) is 51.8 Å². The Bertz CT molecular complexity index is 377. The number of carbonyl (C=O) groups excluding carboxylic acids is 1. The molecule has 0 unspecified atom stereocenters. The van der Waals surface area contributed by atoms with Gasteiger partial charge in [-0.3, -0.25) is 4.79 Å². The lowest BCUT2D eigenvalue weighted by molar-refractivity contribution is 0.109. The van der Waals surface area contributed by atoms with Crippen LogP contribution in [0.2, 0.25) is 0 Å². The second kappa shape index (κ2) is 4.41. The molecule has 1 aromatic rings. The molecule has 0 bridgehead atoms. The van der Waals surface area contributed by atoms with Gasteiger partial charge in [-0.05, 0) is 6.92 Å². The lowest BCUT2D eigenvalue weighted by atomic mass is 10.2. The zero-order chi connectivity index (χ0) is 10.6. The van der Waals surface area contributed by atoms with Gasteiger partial charge in [-0.1, -0.05) is 6.58 Å². The summed E-state index contributed by atoms with van der Waals surface area (Å²) in [5.41, 5.74) is 0.662. The van der Waals surface area contributed by atoms with Crippen molar-refractivity contribution in [3.63, 3.8) is 0 Å². The van der Waals surface area contributed by atoms with Gasteiger partial charge in [0.15, 0.2) is 12.0 Å². The van der Waals surface area contributed by atoms with E-state index in [1.54, 1.807) is 13.0 Å². The first-order valence-electron chi connectivity index (χ1n) is 4.01. The normalized spacial score (nSPS) is 11.1. The summed E-state index contributed by atoms with van der Waals surface area (Å²) in [6, 6.07) is 1.58. The molecule has 1 aromatic heterocycles. The average Bonchev–Trinajstić information content (AvgIpc) is 2.56. The Morgan fingerprint density at radius 3 is 2.86 bits per heavy atom. The van der Waals surface area contributed by atoms with Crippen LogP contribution in [0.4, 0.5) is 0 Å². The van der Waals surface area contributed by atoms with Crippen molar-refractivity contribution in [1.82, 2.24) is 0 Å². The zero-order valence-corrected chi connectivity index (χ0v) is 8.11. The molecule has 0 saturated heterocycles. The third-order valence-electron chi connectivity index (χ3n) is 1.69. The van der Waals surface area contributed by atoms with E-state index in [9.17, 15) is 4.79 Å². The Morgan fingerprint density at radius 1 is 1.71 bits per heavy atom. The summed E-state index contributed by atoms with van der Waals surface area (Å²) in [7, 11) is 1.50. The Morgan fingerprint density at radius 2 is 2.43 bits per heavy atom. The molecule has 0 aromatic carbocycles. The predicted octanol–water partition coefficient (Wildman–Crippen LogP) is 1.94. The molecule has 74 valence electrons. The number of rotatable bonds is 3. The molecule has 4 nitrogen and oxygen atoms in total. The molecular weight excluding hydrogens is 182 g/mol. The number of hydrogen-bond donors (Lipinski definition) is 0. The number of methoxy groups -OCH3 is 1. The molecule has 0 N–H and O–H groups in total. The highest BCUT2D eigenvalue weighted by Gasteiger charge is 2.12. The quantitative estimate of drug-likeness (QED) is 0.418. The molecule has 14 heavy (non-hydrogen) atoms. The van der Waals surface area contributed by atoms with E-state index in [1.807, 2.05) is 0 Å². The molecule has 0 atom stereocenters. The van der Waals surface area contributed by atoms with E-state index >= 15 is 0 Å². The van der Waals surface area contributed by atoms with Crippen LogP contribution >= 0.6 is 0 Å². The van der Waals surface area contributed by atoms with Crippen LogP contribution in [-0.4, -0.2) is 19.3 Å². The van der Waals surface area contributed by atoms with Gasteiger partial charge in [-0.15, -0.1) is 0 Å². The third-order valence-corrected chi connectivity index (χ3v) is 1.69. The number of aliphatic imine (C=N–C) groups is 1. The highest BCUT2D eigenvalue weighted by molar-refractivity contribution is 5.96. The van der Waals surface area contributed by atoms with Gasteiger partial charge < -0.3 is 9.15 Å². The second-order valence-electron chi connectivity index (χ2n) is 2.56. The number of hydrogen-bond acceptors (Lipinski definition) is 4. The first-order chi connectivity index (χ1) is 6.72. The van der Waals surface area contributed by atoms with Crippen molar-refractivity contribution < 1.29 is 13.9 Å². The minimum Gasteiger partial charge on any atom is -0.480 e. The molecule has 0 radical (unpaired) electrons. The van der Waals surface area contributed by atoms with E-state index in [2.05, 4.69) is 11.6 Å². The summed E-state index contributed by atoms with van der Waals surface area (Å²) in [5.74, 6) is 1.23. The summed E-state index contributed by atoms with van der Waals surface area (Å²) >= 11 is 0. The fraction of sp³-hybridized carbons (Fsp3) is 0.200. The third kappa shape index (κ3) is 1.90. The van der Waals surface area contributed by atoms with Gasteiger partial charge in [0, 0.05) is 12.3 Å². The van der Waals surface area contributed by atoms with E-state index in [4.69, 9.17) is 9.15 Å². The van der Waals surface area contributed by atoms with E-state index in [0.29, 0.717) is 23.5 Å². The molecule has 1 heterocycles. The summed E-state index contributed by atoms with van der Waals surface area (Å²) in [5, 5.41) is 0. The summed E-state index contributed by atoms with van der Waals surface area (Å²) in [6.07, 6.45) is 2.00. The van der Waals surface area contributed by atoms with Crippen LogP contribution in [0.25, 0.3) is 0 Å². The van der Waals surface area contributed by atoms with Crippen molar-refractivity contribution in [2.24, 2.45) is 4.99 Å². The Hall–Kier alpha value is -1.84. The van der Waals surface area contributed by atoms with Gasteiger partial charge in [0.2, 0.25) is 5.90 Å². The van der Waals surface area contributed by atoms with Crippen molar-refractivity contribution in [2.75, 3.05) is 7.11 Å². The van der Waals surface area contributed by atoms with E-state index < -0.39 is 0 Å². The number of nitrogens with zero attached hydrogens (tertiary/aromatic N) is 1. The van der Waals surface area contributed by atoms with E-state index in [1.165, 1.54) is 13.3 Å². The van der Waals surface area contributed by atoms with E-state index in [-0.39, 0.29) is 5.76 Å². The number of ether oxygens (including phenoxy) is 1. The van der Waals surface area contributed by atoms with Crippen LogP contribution in [-0.2, 0) is 4.74 Å². The Balaban J connectivity index is 3.15. The smallest absolute Gasteiger partial charge is 0.224 e. The Labute approximate surface area is 81.9 Å². The first kappa shape index (κ1) is 10.2. The van der Waals surface area contributed by atoms with Gasteiger partial charge in [-0.2, -0.15) is 0 Å². The molecule has 0 aliphatic carbocycles. The Kier molecular flexibility index (Phi) is 3.23. The fourth-order valence-electron chi connectivity index (χ4n) is 1.09.